The zero-order valence-corrected chi connectivity index (χ0v) is 14.4. The first kappa shape index (κ1) is 16.5. The number of hydrogen-bond acceptors (Lipinski definition) is 3. The zero-order chi connectivity index (χ0) is 18.5. The minimum absolute atomic E-state index is 0.266. The van der Waals surface area contributed by atoms with Crippen LogP contribution in [0.5, 0.6) is 0 Å². The summed E-state index contributed by atoms with van der Waals surface area (Å²) < 4.78 is 0. The van der Waals surface area contributed by atoms with Gasteiger partial charge in [0.2, 0.25) is 0 Å². The van der Waals surface area contributed by atoms with Crippen LogP contribution in [0, 0.1) is 0 Å². The number of aromatic nitrogens is 2. The molecule has 0 saturated carbocycles. The van der Waals surface area contributed by atoms with E-state index in [1.165, 1.54) is 0 Å². The molecule has 0 bridgehead atoms. The fourth-order valence-electron chi connectivity index (χ4n) is 2.92. The van der Waals surface area contributed by atoms with Crippen LogP contribution < -0.4 is 0 Å². The van der Waals surface area contributed by atoms with Crippen molar-refractivity contribution in [2.75, 3.05) is 0 Å². The number of azide groups is 1. The Hall–Kier alpha value is -3.95. The summed E-state index contributed by atoms with van der Waals surface area (Å²) in [7, 11) is 0. The number of rotatable bonds is 4. The van der Waals surface area contributed by atoms with Gasteiger partial charge >= 0.3 is 0 Å². The van der Waals surface area contributed by atoms with Crippen molar-refractivity contribution in [3.63, 3.8) is 0 Å². The molecule has 3 aromatic carbocycles. The fraction of sp³-hybridized carbons (Fsp3) is 0. The van der Waals surface area contributed by atoms with Crippen molar-refractivity contribution < 1.29 is 0 Å². The maximum atomic E-state index is 9.03. The fourth-order valence-corrected chi connectivity index (χ4v) is 2.92. The van der Waals surface area contributed by atoms with E-state index in [0.717, 1.165) is 22.4 Å². The lowest BCUT2D eigenvalue weighted by Gasteiger charge is -2.13. The molecule has 0 aliphatic heterocycles. The number of nitrogens with zero attached hydrogens (tertiary/aromatic N) is 5. The van der Waals surface area contributed by atoms with Crippen LogP contribution in [-0.2, 0) is 0 Å². The molecule has 0 atom stereocenters. The first-order chi connectivity index (χ1) is 13.4. The highest BCUT2D eigenvalue weighted by molar-refractivity contribution is 5.83. The third kappa shape index (κ3) is 3.40. The minimum atomic E-state index is 0.266. The van der Waals surface area contributed by atoms with Gasteiger partial charge in [-0.25, -0.2) is 9.97 Å². The third-order valence-corrected chi connectivity index (χ3v) is 4.16. The first-order valence-corrected chi connectivity index (χ1v) is 8.50. The van der Waals surface area contributed by atoms with E-state index < -0.39 is 0 Å². The molecule has 0 spiro atoms. The van der Waals surface area contributed by atoms with Gasteiger partial charge in [0.15, 0.2) is 5.82 Å². The van der Waals surface area contributed by atoms with Gasteiger partial charge < -0.3 is 0 Å². The number of benzene rings is 3. The summed E-state index contributed by atoms with van der Waals surface area (Å²) in [6.07, 6.45) is 0. The summed E-state index contributed by atoms with van der Waals surface area (Å²) in [5.41, 5.74) is 13.7. The Morgan fingerprint density at radius 1 is 0.556 bits per heavy atom. The summed E-state index contributed by atoms with van der Waals surface area (Å²) in [4.78, 5) is 12.5. The van der Waals surface area contributed by atoms with Gasteiger partial charge in [0.25, 0.3) is 0 Å². The topological polar surface area (TPSA) is 74.5 Å². The minimum Gasteiger partial charge on any atom is -0.243 e. The molecule has 0 amide bonds. The van der Waals surface area contributed by atoms with Gasteiger partial charge in [-0.05, 0) is 10.6 Å². The molecule has 5 heteroatoms. The molecule has 128 valence electrons. The highest BCUT2D eigenvalue weighted by atomic mass is 15.2. The smallest absolute Gasteiger partial charge is 0.153 e. The van der Waals surface area contributed by atoms with Crippen molar-refractivity contribution in [2.45, 2.75) is 0 Å². The second-order valence-corrected chi connectivity index (χ2v) is 5.88. The van der Waals surface area contributed by atoms with Gasteiger partial charge in [-0.3, -0.25) is 0 Å². The summed E-state index contributed by atoms with van der Waals surface area (Å²) >= 11 is 0. The average Bonchev–Trinajstić information content (AvgIpc) is 2.75. The van der Waals surface area contributed by atoms with E-state index in [-0.39, 0.29) is 5.82 Å². The maximum Gasteiger partial charge on any atom is 0.153 e. The average molecular weight is 349 g/mol. The Morgan fingerprint density at radius 2 is 0.963 bits per heavy atom. The van der Waals surface area contributed by atoms with Crippen LogP contribution in [-0.4, -0.2) is 9.97 Å². The van der Waals surface area contributed by atoms with Crippen LogP contribution in [0.3, 0.4) is 0 Å². The molecule has 0 radical (unpaired) electrons. The summed E-state index contributed by atoms with van der Waals surface area (Å²) in [6.45, 7) is 0. The van der Waals surface area contributed by atoms with Gasteiger partial charge in [0, 0.05) is 21.6 Å². The maximum absolute atomic E-state index is 9.03. The molecule has 1 aromatic heterocycles. The van der Waals surface area contributed by atoms with Crippen molar-refractivity contribution in [1.29, 1.82) is 0 Å². The predicted molar refractivity (Wildman–Crippen MR) is 107 cm³/mol. The summed E-state index contributed by atoms with van der Waals surface area (Å²) in [5.74, 6) is 0.266. The molecule has 27 heavy (non-hydrogen) atoms. The largest absolute Gasteiger partial charge is 0.243 e. The Morgan fingerprint density at radius 3 is 1.41 bits per heavy atom. The van der Waals surface area contributed by atoms with Crippen molar-refractivity contribution in [1.82, 2.24) is 9.97 Å². The van der Waals surface area contributed by atoms with E-state index >= 15 is 0 Å². The van der Waals surface area contributed by atoms with Crippen molar-refractivity contribution >= 4 is 5.82 Å². The Labute approximate surface area is 156 Å². The number of hydrogen-bond donors (Lipinski definition) is 0. The lowest BCUT2D eigenvalue weighted by Crippen LogP contribution is -1.97. The van der Waals surface area contributed by atoms with Crippen LogP contribution in [0.1, 0.15) is 0 Å². The molecule has 5 nitrogen and oxygen atoms in total. The van der Waals surface area contributed by atoms with Crippen LogP contribution in [0.2, 0.25) is 0 Å². The molecule has 0 saturated heterocycles. The van der Waals surface area contributed by atoms with Crippen LogP contribution in [0.4, 0.5) is 5.82 Å². The summed E-state index contributed by atoms with van der Waals surface area (Å²) in [5, 5.41) is 3.81. The third-order valence-electron chi connectivity index (χ3n) is 4.16. The van der Waals surface area contributed by atoms with Gasteiger partial charge in [-0.2, -0.15) is 0 Å². The van der Waals surface area contributed by atoms with Crippen LogP contribution >= 0.6 is 0 Å². The van der Waals surface area contributed by atoms with E-state index in [2.05, 4.69) is 10.0 Å². The molecular weight excluding hydrogens is 334 g/mol. The van der Waals surface area contributed by atoms with Crippen molar-refractivity contribution in [2.24, 2.45) is 5.11 Å². The molecule has 0 fully saturated rings. The molecule has 1 heterocycles. The van der Waals surface area contributed by atoms with Gasteiger partial charge in [-0.15, -0.1) is 0 Å². The lowest BCUT2D eigenvalue weighted by atomic mass is 10.0. The quantitative estimate of drug-likeness (QED) is 0.242. The second kappa shape index (κ2) is 7.52. The van der Waals surface area contributed by atoms with Crippen molar-refractivity contribution in [3.8, 4) is 33.8 Å². The van der Waals surface area contributed by atoms with Crippen LogP contribution in [0.15, 0.2) is 96.1 Å². The van der Waals surface area contributed by atoms with E-state index in [4.69, 9.17) is 15.5 Å². The van der Waals surface area contributed by atoms with Gasteiger partial charge in [0.05, 0.1) is 17.1 Å². The Bertz CT molecular complexity index is 1100. The monoisotopic (exact) mass is 349 g/mol. The van der Waals surface area contributed by atoms with E-state index in [9.17, 15) is 0 Å². The zero-order valence-electron chi connectivity index (χ0n) is 14.4. The molecule has 0 N–H and O–H groups in total. The highest BCUT2D eigenvalue weighted by Crippen LogP contribution is 2.36. The lowest BCUT2D eigenvalue weighted by molar-refractivity contribution is 1.18. The first-order valence-electron chi connectivity index (χ1n) is 8.50. The molecule has 0 aliphatic carbocycles. The standard InChI is InChI=1S/C22H15N5/c23-27-26-22-21(18-14-8-3-9-15-18)24-19(16-10-4-1-5-11-16)20(25-22)17-12-6-2-7-13-17/h1-15H. The molecule has 0 aliphatic rings. The SMILES string of the molecule is [N-]=[N+]=Nc1nc(-c2ccccc2)c(-c2ccccc2)nc1-c1ccccc1. The van der Waals surface area contributed by atoms with E-state index in [1.54, 1.807) is 0 Å². The van der Waals surface area contributed by atoms with E-state index in [1.807, 2.05) is 91.0 Å². The normalized spacial score (nSPS) is 10.2. The van der Waals surface area contributed by atoms with Crippen LogP contribution in [0.25, 0.3) is 44.2 Å². The Balaban J connectivity index is 2.04. The predicted octanol–water partition coefficient (Wildman–Crippen LogP) is 6.42. The molecular formula is C22H15N5. The highest BCUT2D eigenvalue weighted by Gasteiger charge is 2.17. The summed E-state index contributed by atoms with van der Waals surface area (Å²) in [6, 6.07) is 29.3. The van der Waals surface area contributed by atoms with E-state index in [0.29, 0.717) is 11.4 Å². The molecule has 4 aromatic rings. The van der Waals surface area contributed by atoms with Crippen molar-refractivity contribution in [3.05, 3.63) is 101 Å². The van der Waals surface area contributed by atoms with Gasteiger partial charge in [-0.1, -0.05) is 91.0 Å². The molecule has 4 rings (SSSR count). The molecule has 0 unspecified atom stereocenters. The Kier molecular flexibility index (Phi) is 4.60. The second-order valence-electron chi connectivity index (χ2n) is 5.88. The van der Waals surface area contributed by atoms with Gasteiger partial charge in [0.1, 0.15) is 0 Å².